The third-order valence-corrected chi connectivity index (χ3v) is 4.55. The van der Waals surface area contributed by atoms with E-state index in [4.69, 9.17) is 0 Å². The summed E-state index contributed by atoms with van der Waals surface area (Å²) in [6.45, 7) is 3.06. The molecule has 0 bridgehead atoms. The van der Waals surface area contributed by atoms with Crippen molar-refractivity contribution in [3.63, 3.8) is 0 Å². The SMILES string of the molecule is Cc1cc2nn(CC(=O)Nc3ccc(F)cc3C)c(=O)n2c(Nc2ccc(F)cc2)n1. The Balaban J connectivity index is 1.63. The molecule has 4 aromatic rings. The van der Waals surface area contributed by atoms with Gasteiger partial charge in [0.2, 0.25) is 11.9 Å². The van der Waals surface area contributed by atoms with Gasteiger partial charge in [0, 0.05) is 23.1 Å². The summed E-state index contributed by atoms with van der Waals surface area (Å²) in [5.41, 5.74) is 1.86. The standard InChI is InChI=1S/C21H18F2N6O2/c1-12-9-15(23)5-8-17(12)26-19(30)11-28-21(31)29-18(27-28)10-13(2)24-20(29)25-16-6-3-14(22)4-7-16/h3-10H,11H2,1-2H3,(H,24,25)(H,26,30). The molecule has 8 nitrogen and oxygen atoms in total. The summed E-state index contributed by atoms with van der Waals surface area (Å²) in [4.78, 5) is 29.7. The van der Waals surface area contributed by atoms with Crippen LogP contribution in [-0.4, -0.2) is 25.1 Å². The lowest BCUT2D eigenvalue weighted by Gasteiger charge is -2.08. The molecule has 0 radical (unpaired) electrons. The van der Waals surface area contributed by atoms with E-state index in [0.29, 0.717) is 28.3 Å². The highest BCUT2D eigenvalue weighted by molar-refractivity contribution is 5.91. The van der Waals surface area contributed by atoms with E-state index in [1.165, 1.54) is 46.9 Å². The number of aromatic nitrogens is 4. The van der Waals surface area contributed by atoms with Crippen LogP contribution in [0.3, 0.4) is 0 Å². The van der Waals surface area contributed by atoms with Crippen LogP contribution in [0.5, 0.6) is 0 Å². The first-order chi connectivity index (χ1) is 14.8. The largest absolute Gasteiger partial charge is 0.353 e. The maximum Gasteiger partial charge on any atom is 0.353 e. The lowest BCUT2D eigenvalue weighted by molar-refractivity contribution is -0.117. The van der Waals surface area contributed by atoms with Crippen molar-refractivity contribution in [2.45, 2.75) is 20.4 Å². The number of aryl methyl sites for hydroxylation is 2. The zero-order valence-electron chi connectivity index (χ0n) is 16.7. The average Bonchev–Trinajstić information content (AvgIpc) is 3.01. The second kappa shape index (κ2) is 7.98. The number of nitrogens with zero attached hydrogens (tertiary/aromatic N) is 4. The predicted molar refractivity (Wildman–Crippen MR) is 111 cm³/mol. The number of nitrogens with one attached hydrogen (secondary N) is 2. The minimum atomic E-state index is -0.571. The first kappa shape index (κ1) is 20.2. The third-order valence-electron chi connectivity index (χ3n) is 4.55. The molecule has 4 rings (SSSR count). The van der Waals surface area contributed by atoms with Crippen molar-refractivity contribution < 1.29 is 13.6 Å². The summed E-state index contributed by atoms with van der Waals surface area (Å²) < 4.78 is 28.7. The van der Waals surface area contributed by atoms with E-state index < -0.39 is 17.4 Å². The van der Waals surface area contributed by atoms with Crippen molar-refractivity contribution in [1.82, 2.24) is 19.2 Å². The number of anilines is 3. The highest BCUT2D eigenvalue weighted by Gasteiger charge is 2.16. The second-order valence-corrected chi connectivity index (χ2v) is 6.99. The van der Waals surface area contributed by atoms with Crippen LogP contribution in [0.1, 0.15) is 11.3 Å². The van der Waals surface area contributed by atoms with Gasteiger partial charge in [-0.15, -0.1) is 5.10 Å². The third kappa shape index (κ3) is 4.27. The summed E-state index contributed by atoms with van der Waals surface area (Å²) >= 11 is 0. The lowest BCUT2D eigenvalue weighted by atomic mass is 10.2. The number of rotatable bonds is 5. The van der Waals surface area contributed by atoms with E-state index in [9.17, 15) is 18.4 Å². The second-order valence-electron chi connectivity index (χ2n) is 6.99. The Bertz CT molecular complexity index is 1340. The van der Waals surface area contributed by atoms with Gasteiger partial charge in [0.05, 0.1) is 0 Å². The molecule has 2 N–H and O–H groups in total. The Morgan fingerprint density at radius 1 is 1.03 bits per heavy atom. The highest BCUT2D eigenvalue weighted by atomic mass is 19.1. The number of carbonyl (C=O) groups is 1. The Morgan fingerprint density at radius 3 is 2.45 bits per heavy atom. The van der Waals surface area contributed by atoms with Crippen LogP contribution in [0.25, 0.3) is 5.65 Å². The van der Waals surface area contributed by atoms with Gasteiger partial charge in [-0.2, -0.15) is 0 Å². The van der Waals surface area contributed by atoms with Gasteiger partial charge in [0.15, 0.2) is 5.65 Å². The molecular weight excluding hydrogens is 406 g/mol. The number of benzene rings is 2. The molecular formula is C21H18F2N6O2. The van der Waals surface area contributed by atoms with Crippen LogP contribution in [0.4, 0.5) is 26.1 Å². The molecule has 2 aromatic heterocycles. The Kier molecular flexibility index (Phi) is 5.20. The van der Waals surface area contributed by atoms with Crippen LogP contribution in [-0.2, 0) is 11.3 Å². The van der Waals surface area contributed by atoms with Crippen molar-refractivity contribution in [3.05, 3.63) is 81.9 Å². The first-order valence-corrected chi connectivity index (χ1v) is 9.36. The van der Waals surface area contributed by atoms with Gasteiger partial charge in [-0.3, -0.25) is 4.79 Å². The van der Waals surface area contributed by atoms with Gasteiger partial charge in [-0.05, 0) is 61.9 Å². The van der Waals surface area contributed by atoms with Crippen LogP contribution in [0.15, 0.2) is 53.3 Å². The van der Waals surface area contributed by atoms with E-state index in [2.05, 4.69) is 20.7 Å². The fourth-order valence-electron chi connectivity index (χ4n) is 3.10. The van der Waals surface area contributed by atoms with Crippen molar-refractivity contribution in [2.75, 3.05) is 10.6 Å². The number of hydrogen-bond acceptors (Lipinski definition) is 5. The quantitative estimate of drug-likeness (QED) is 0.513. The smallest absolute Gasteiger partial charge is 0.325 e. The maximum atomic E-state index is 13.2. The van der Waals surface area contributed by atoms with Gasteiger partial charge in [0.1, 0.15) is 18.2 Å². The molecule has 31 heavy (non-hydrogen) atoms. The molecule has 0 unspecified atom stereocenters. The van der Waals surface area contributed by atoms with Crippen LogP contribution >= 0.6 is 0 Å². The molecule has 0 fully saturated rings. The molecule has 2 aromatic carbocycles. The Morgan fingerprint density at radius 2 is 1.74 bits per heavy atom. The number of fused-ring (bicyclic) bond motifs is 1. The van der Waals surface area contributed by atoms with Gasteiger partial charge in [-0.25, -0.2) is 27.6 Å². The van der Waals surface area contributed by atoms with Crippen LogP contribution in [0, 0.1) is 25.5 Å². The zero-order chi connectivity index (χ0) is 22.1. The van der Waals surface area contributed by atoms with Gasteiger partial charge >= 0.3 is 5.69 Å². The summed E-state index contributed by atoms with van der Waals surface area (Å²) in [7, 11) is 0. The first-order valence-electron chi connectivity index (χ1n) is 9.36. The molecule has 0 aliphatic heterocycles. The van der Waals surface area contributed by atoms with Crippen molar-refractivity contribution >= 4 is 28.9 Å². The minimum Gasteiger partial charge on any atom is -0.325 e. The molecule has 0 atom stereocenters. The van der Waals surface area contributed by atoms with E-state index >= 15 is 0 Å². The highest BCUT2D eigenvalue weighted by Crippen LogP contribution is 2.17. The molecule has 1 amide bonds. The number of carbonyl (C=O) groups excluding carboxylic acids is 1. The fraction of sp³-hybridized carbons (Fsp3) is 0.143. The number of hydrogen-bond donors (Lipinski definition) is 2. The molecule has 0 spiro atoms. The zero-order valence-corrected chi connectivity index (χ0v) is 16.7. The van der Waals surface area contributed by atoms with E-state index in [1.54, 1.807) is 19.9 Å². The molecule has 2 heterocycles. The summed E-state index contributed by atoms with van der Waals surface area (Å²) in [5, 5.41) is 9.83. The Labute approximate surface area is 175 Å². The fourth-order valence-corrected chi connectivity index (χ4v) is 3.10. The summed E-state index contributed by atoms with van der Waals surface area (Å²) in [6, 6.07) is 11.2. The van der Waals surface area contributed by atoms with E-state index in [0.717, 1.165) is 4.68 Å². The minimum absolute atomic E-state index is 0.188. The molecule has 0 aliphatic carbocycles. The molecule has 0 saturated carbocycles. The van der Waals surface area contributed by atoms with Gasteiger partial charge in [-0.1, -0.05) is 0 Å². The lowest BCUT2D eigenvalue weighted by Crippen LogP contribution is -2.29. The molecule has 158 valence electrons. The summed E-state index contributed by atoms with van der Waals surface area (Å²) in [6.07, 6.45) is 0. The van der Waals surface area contributed by atoms with Crippen molar-refractivity contribution in [1.29, 1.82) is 0 Å². The van der Waals surface area contributed by atoms with Crippen LogP contribution < -0.4 is 16.3 Å². The molecule has 0 saturated heterocycles. The average molecular weight is 424 g/mol. The topological polar surface area (TPSA) is 93.3 Å². The number of amides is 1. The maximum absolute atomic E-state index is 13.2. The summed E-state index contributed by atoms with van der Waals surface area (Å²) in [5.74, 6) is -1.10. The van der Waals surface area contributed by atoms with Crippen LogP contribution in [0.2, 0.25) is 0 Å². The monoisotopic (exact) mass is 424 g/mol. The normalized spacial score (nSPS) is 11.0. The predicted octanol–water partition coefficient (Wildman–Crippen LogP) is 3.17. The molecule has 10 heteroatoms. The van der Waals surface area contributed by atoms with E-state index in [1.807, 2.05) is 0 Å². The van der Waals surface area contributed by atoms with Gasteiger partial charge < -0.3 is 10.6 Å². The van der Waals surface area contributed by atoms with Crippen molar-refractivity contribution in [2.24, 2.45) is 0 Å². The Hall–Kier alpha value is -4.08. The molecule has 0 aliphatic rings. The van der Waals surface area contributed by atoms with Gasteiger partial charge in [0.25, 0.3) is 0 Å². The van der Waals surface area contributed by atoms with Crippen molar-refractivity contribution in [3.8, 4) is 0 Å². The van der Waals surface area contributed by atoms with E-state index in [-0.39, 0.29) is 18.3 Å². The number of halogens is 2.